The van der Waals surface area contributed by atoms with Gasteiger partial charge in [-0.05, 0) is 31.4 Å². The Kier molecular flexibility index (Phi) is 4.83. The number of aromatic nitrogens is 5. The minimum absolute atomic E-state index is 0.0424. The van der Waals surface area contributed by atoms with Crippen molar-refractivity contribution in [2.45, 2.75) is 32.6 Å². The summed E-state index contributed by atoms with van der Waals surface area (Å²) in [7, 11) is 1.90. The Hall–Kier alpha value is -2.83. The molecule has 1 aliphatic heterocycles. The maximum absolute atomic E-state index is 12.9. The highest BCUT2D eigenvalue weighted by atomic mass is 16.1. The number of carbonyl (C=O) groups is 1. The third-order valence-electron chi connectivity index (χ3n) is 5.13. The first-order chi connectivity index (χ1) is 13.2. The zero-order chi connectivity index (χ0) is 18.8. The summed E-state index contributed by atoms with van der Waals surface area (Å²) in [5.41, 5.74) is 1.54. The average molecular weight is 364 g/mol. The average Bonchev–Trinajstić information content (AvgIpc) is 3.09. The summed E-state index contributed by atoms with van der Waals surface area (Å²) in [5, 5.41) is 5.32. The van der Waals surface area contributed by atoms with Crippen molar-refractivity contribution in [1.82, 2.24) is 24.7 Å². The highest BCUT2D eigenvalue weighted by molar-refractivity contribution is 5.98. The van der Waals surface area contributed by atoms with Crippen molar-refractivity contribution < 1.29 is 4.79 Å². The molecule has 0 spiro atoms. The number of rotatable bonds is 5. The molecule has 7 heteroatoms. The van der Waals surface area contributed by atoms with Crippen LogP contribution in [0.4, 0.5) is 5.82 Å². The number of aryl methyl sites for hydroxylation is 2. The summed E-state index contributed by atoms with van der Waals surface area (Å²) in [5.74, 6) is 1.86. The summed E-state index contributed by atoms with van der Waals surface area (Å²) in [6.07, 6.45) is 8.86. The molecule has 1 fully saturated rings. The number of hydrogen-bond donors (Lipinski definition) is 0. The molecule has 7 nitrogen and oxygen atoms in total. The topological polar surface area (TPSA) is 76.8 Å². The van der Waals surface area contributed by atoms with Crippen molar-refractivity contribution in [1.29, 1.82) is 0 Å². The summed E-state index contributed by atoms with van der Waals surface area (Å²) < 4.78 is 1.79. The smallest absolute Gasteiger partial charge is 0.169 e. The minimum atomic E-state index is -0.0424. The molecule has 1 saturated heterocycles. The summed E-state index contributed by atoms with van der Waals surface area (Å²) in [6.45, 7) is 3.68. The molecule has 0 bridgehead atoms. The second kappa shape index (κ2) is 7.42. The van der Waals surface area contributed by atoms with Gasteiger partial charge < -0.3 is 4.90 Å². The Morgan fingerprint density at radius 2 is 2.19 bits per heavy atom. The number of carbonyl (C=O) groups excluding carboxylic acids is 1. The van der Waals surface area contributed by atoms with Gasteiger partial charge in [0.15, 0.2) is 11.4 Å². The van der Waals surface area contributed by atoms with Crippen molar-refractivity contribution >= 4 is 22.6 Å². The van der Waals surface area contributed by atoms with Crippen LogP contribution in [0.5, 0.6) is 0 Å². The molecule has 0 aliphatic carbocycles. The number of anilines is 1. The van der Waals surface area contributed by atoms with E-state index in [-0.39, 0.29) is 11.7 Å². The normalized spacial score (nSPS) is 17.4. The van der Waals surface area contributed by atoms with E-state index in [1.807, 2.05) is 25.4 Å². The third-order valence-corrected chi connectivity index (χ3v) is 5.13. The molecule has 0 radical (unpaired) electrons. The van der Waals surface area contributed by atoms with E-state index >= 15 is 0 Å². The molecule has 0 unspecified atom stereocenters. The molecule has 27 heavy (non-hydrogen) atoms. The number of ketones is 1. The van der Waals surface area contributed by atoms with Crippen molar-refractivity contribution in [2.75, 3.05) is 18.0 Å². The fourth-order valence-corrected chi connectivity index (χ4v) is 3.76. The van der Waals surface area contributed by atoms with Gasteiger partial charge in [0.2, 0.25) is 0 Å². The van der Waals surface area contributed by atoms with E-state index in [1.54, 1.807) is 17.1 Å². The van der Waals surface area contributed by atoms with Gasteiger partial charge in [-0.25, -0.2) is 9.97 Å². The predicted molar refractivity (Wildman–Crippen MR) is 104 cm³/mol. The zero-order valence-electron chi connectivity index (χ0n) is 15.8. The van der Waals surface area contributed by atoms with Crippen molar-refractivity contribution in [2.24, 2.45) is 13.0 Å². The van der Waals surface area contributed by atoms with Crippen molar-refractivity contribution in [3.8, 4) is 0 Å². The van der Waals surface area contributed by atoms with E-state index < -0.39 is 0 Å². The van der Waals surface area contributed by atoms with Gasteiger partial charge in [0.05, 0.1) is 11.6 Å². The number of nitrogens with zero attached hydrogens (tertiary/aromatic N) is 6. The van der Waals surface area contributed by atoms with Gasteiger partial charge in [-0.3, -0.25) is 14.5 Å². The molecule has 4 heterocycles. The Balaban J connectivity index is 1.66. The molecule has 1 aliphatic rings. The Morgan fingerprint density at radius 1 is 1.30 bits per heavy atom. The highest BCUT2D eigenvalue weighted by Crippen LogP contribution is 2.29. The number of pyridine rings is 1. The first-order valence-electron chi connectivity index (χ1n) is 9.55. The molecule has 1 atom stereocenters. The van der Waals surface area contributed by atoms with E-state index in [2.05, 4.69) is 26.9 Å². The monoisotopic (exact) mass is 364 g/mol. The van der Waals surface area contributed by atoms with Crippen LogP contribution in [0.15, 0.2) is 30.7 Å². The van der Waals surface area contributed by atoms with Gasteiger partial charge in [-0.2, -0.15) is 5.10 Å². The highest BCUT2D eigenvalue weighted by Gasteiger charge is 2.29. The standard InChI is InChI=1S/C20H24N6O/c1-3-6-17-23-19-16(12-22-25(19)2)20(24-17)26-10-5-8-15(13-26)18(27)14-7-4-9-21-11-14/h4,7,9,11-12,15H,3,5-6,8,10,13H2,1-2H3/t15-/m1/s1. The van der Waals surface area contributed by atoms with Gasteiger partial charge in [0.25, 0.3) is 0 Å². The van der Waals surface area contributed by atoms with Crippen LogP contribution in [-0.2, 0) is 13.5 Å². The summed E-state index contributed by atoms with van der Waals surface area (Å²) in [6, 6.07) is 3.66. The van der Waals surface area contributed by atoms with E-state index in [4.69, 9.17) is 4.98 Å². The van der Waals surface area contributed by atoms with E-state index in [1.165, 1.54) is 0 Å². The number of Topliss-reactive ketones (excluding diaryl/α,β-unsaturated/α-hetero) is 1. The molecule has 3 aromatic heterocycles. The lowest BCUT2D eigenvalue weighted by Gasteiger charge is -2.33. The minimum Gasteiger partial charge on any atom is -0.355 e. The molecule has 0 N–H and O–H groups in total. The van der Waals surface area contributed by atoms with Gasteiger partial charge >= 0.3 is 0 Å². The van der Waals surface area contributed by atoms with E-state index in [0.29, 0.717) is 12.1 Å². The Labute approximate surface area is 158 Å². The molecule has 140 valence electrons. The van der Waals surface area contributed by atoms with Crippen LogP contribution in [0.1, 0.15) is 42.4 Å². The maximum atomic E-state index is 12.9. The number of piperidine rings is 1. The molecule has 0 amide bonds. The molecule has 4 rings (SSSR count). The fourth-order valence-electron chi connectivity index (χ4n) is 3.76. The largest absolute Gasteiger partial charge is 0.355 e. The van der Waals surface area contributed by atoms with Crippen molar-refractivity contribution in [3.05, 3.63) is 42.1 Å². The molecule has 3 aromatic rings. The van der Waals surface area contributed by atoms with E-state index in [0.717, 1.165) is 54.9 Å². The first kappa shape index (κ1) is 17.6. The number of fused-ring (bicyclic) bond motifs is 1. The van der Waals surface area contributed by atoms with Crippen molar-refractivity contribution in [3.63, 3.8) is 0 Å². The van der Waals surface area contributed by atoms with Gasteiger partial charge in [-0.15, -0.1) is 0 Å². The molecule has 0 aromatic carbocycles. The third kappa shape index (κ3) is 3.41. The van der Waals surface area contributed by atoms with Crippen LogP contribution in [0.2, 0.25) is 0 Å². The van der Waals surface area contributed by atoms with Crippen LogP contribution >= 0.6 is 0 Å². The summed E-state index contributed by atoms with van der Waals surface area (Å²) in [4.78, 5) is 28.7. The van der Waals surface area contributed by atoms with Gasteiger partial charge in [-0.1, -0.05) is 6.92 Å². The molecular weight excluding hydrogens is 340 g/mol. The fraction of sp³-hybridized carbons (Fsp3) is 0.450. The van der Waals surface area contributed by atoms with E-state index in [9.17, 15) is 4.79 Å². The van der Waals surface area contributed by atoms with Crippen LogP contribution in [0.3, 0.4) is 0 Å². The SMILES string of the molecule is CCCc1nc(N2CCC[C@@H](C(=O)c3cccnc3)C2)c2cnn(C)c2n1. The Bertz CT molecular complexity index is 952. The van der Waals surface area contributed by atoms with Crippen LogP contribution in [-0.4, -0.2) is 43.6 Å². The maximum Gasteiger partial charge on any atom is 0.169 e. The van der Waals surface area contributed by atoms with Gasteiger partial charge in [0.1, 0.15) is 11.6 Å². The second-order valence-corrected chi connectivity index (χ2v) is 7.11. The van der Waals surface area contributed by atoms with Gasteiger partial charge in [0, 0.05) is 50.4 Å². The second-order valence-electron chi connectivity index (χ2n) is 7.11. The zero-order valence-corrected chi connectivity index (χ0v) is 15.8. The molecular formula is C20H24N6O. The predicted octanol–water partition coefficient (Wildman–Crippen LogP) is 2.81. The first-order valence-corrected chi connectivity index (χ1v) is 9.55. The lowest BCUT2D eigenvalue weighted by Crippen LogP contribution is -2.39. The summed E-state index contributed by atoms with van der Waals surface area (Å²) >= 11 is 0. The lowest BCUT2D eigenvalue weighted by atomic mass is 9.90. The Morgan fingerprint density at radius 3 is 2.96 bits per heavy atom. The quantitative estimate of drug-likeness (QED) is 0.648. The van der Waals surface area contributed by atoms with Crippen LogP contribution in [0, 0.1) is 5.92 Å². The van der Waals surface area contributed by atoms with Crippen LogP contribution in [0.25, 0.3) is 11.0 Å². The molecule has 0 saturated carbocycles. The lowest BCUT2D eigenvalue weighted by molar-refractivity contribution is 0.0906. The van der Waals surface area contributed by atoms with Crippen LogP contribution < -0.4 is 4.90 Å². The number of hydrogen-bond acceptors (Lipinski definition) is 6.